The van der Waals surface area contributed by atoms with Crippen molar-refractivity contribution in [2.45, 2.75) is 39.2 Å². The van der Waals surface area contributed by atoms with Crippen molar-refractivity contribution in [1.82, 2.24) is 15.5 Å². The summed E-state index contributed by atoms with van der Waals surface area (Å²) in [5.74, 6) is 1.20. The van der Waals surface area contributed by atoms with Crippen molar-refractivity contribution in [3.05, 3.63) is 30.1 Å². The topological polar surface area (TPSA) is 66.0 Å². The van der Waals surface area contributed by atoms with E-state index in [4.69, 9.17) is 9.73 Å². The molecule has 0 bridgehead atoms. The summed E-state index contributed by atoms with van der Waals surface area (Å²) in [7, 11) is 0. The van der Waals surface area contributed by atoms with Gasteiger partial charge in [-0.15, -0.1) is 24.0 Å². The van der Waals surface area contributed by atoms with Gasteiger partial charge in [0, 0.05) is 44.1 Å². The number of carbonyl (C=O) groups excluding carboxylic acids is 1. The maximum Gasteiger partial charge on any atom is 0.220 e. The fourth-order valence-electron chi connectivity index (χ4n) is 3.88. The van der Waals surface area contributed by atoms with Gasteiger partial charge in [0.05, 0.1) is 6.54 Å². The molecule has 0 radical (unpaired) electrons. The van der Waals surface area contributed by atoms with Gasteiger partial charge in [-0.1, -0.05) is 6.07 Å². The number of benzene rings is 1. The lowest BCUT2D eigenvalue weighted by atomic mass is 9.79. The molecule has 28 heavy (non-hydrogen) atoms. The van der Waals surface area contributed by atoms with E-state index in [0.717, 1.165) is 45.0 Å². The summed E-state index contributed by atoms with van der Waals surface area (Å²) in [4.78, 5) is 18.7. The van der Waals surface area contributed by atoms with Gasteiger partial charge >= 0.3 is 0 Å². The third-order valence-electron chi connectivity index (χ3n) is 5.12. The van der Waals surface area contributed by atoms with Gasteiger partial charge in [0.1, 0.15) is 17.7 Å². The van der Waals surface area contributed by atoms with Crippen LogP contribution in [-0.4, -0.2) is 55.6 Å². The predicted octanol–water partition coefficient (Wildman–Crippen LogP) is 2.78. The van der Waals surface area contributed by atoms with E-state index in [2.05, 4.69) is 15.5 Å². The van der Waals surface area contributed by atoms with E-state index < -0.39 is 0 Å². The number of piperidine rings is 1. The second kappa shape index (κ2) is 10.3. The summed E-state index contributed by atoms with van der Waals surface area (Å²) in [6.45, 7) is 7.73. The SMILES string of the molecule is CCNC(=NCC(C)Oc1cccc(F)c1)N1CCCC2(CNC(=O)C2)C1.I. The number of carbonyl (C=O) groups is 1. The molecule has 1 aromatic carbocycles. The molecule has 1 amide bonds. The summed E-state index contributed by atoms with van der Waals surface area (Å²) in [6, 6.07) is 6.15. The molecule has 2 aliphatic rings. The summed E-state index contributed by atoms with van der Waals surface area (Å²) >= 11 is 0. The van der Waals surface area contributed by atoms with Crippen molar-refractivity contribution in [2.75, 3.05) is 32.7 Å². The fourth-order valence-corrected chi connectivity index (χ4v) is 3.88. The molecule has 8 heteroatoms. The molecule has 3 rings (SSSR count). The predicted molar refractivity (Wildman–Crippen MR) is 119 cm³/mol. The molecule has 2 aliphatic heterocycles. The Hall–Kier alpha value is -1.58. The largest absolute Gasteiger partial charge is 0.489 e. The first kappa shape index (κ1) is 22.7. The minimum Gasteiger partial charge on any atom is -0.489 e. The van der Waals surface area contributed by atoms with Gasteiger partial charge in [-0.05, 0) is 38.8 Å². The van der Waals surface area contributed by atoms with Crippen LogP contribution in [0.2, 0.25) is 0 Å². The van der Waals surface area contributed by atoms with Gasteiger partial charge in [0.15, 0.2) is 5.96 Å². The maximum absolute atomic E-state index is 13.3. The van der Waals surface area contributed by atoms with Gasteiger partial charge < -0.3 is 20.3 Å². The average Bonchev–Trinajstić information content (AvgIpc) is 2.98. The van der Waals surface area contributed by atoms with Crippen LogP contribution >= 0.6 is 24.0 Å². The Labute approximate surface area is 183 Å². The Morgan fingerprint density at radius 3 is 3.00 bits per heavy atom. The smallest absolute Gasteiger partial charge is 0.220 e. The maximum atomic E-state index is 13.3. The van der Waals surface area contributed by atoms with Crippen molar-refractivity contribution in [1.29, 1.82) is 0 Å². The third-order valence-corrected chi connectivity index (χ3v) is 5.12. The monoisotopic (exact) mass is 504 g/mol. The second-order valence-electron chi connectivity index (χ2n) is 7.56. The Bertz CT molecular complexity index is 703. The Morgan fingerprint density at radius 1 is 1.50 bits per heavy atom. The number of nitrogens with one attached hydrogen (secondary N) is 2. The lowest BCUT2D eigenvalue weighted by Crippen LogP contribution is -2.51. The molecule has 2 heterocycles. The number of ether oxygens (including phenoxy) is 1. The number of hydrogen-bond acceptors (Lipinski definition) is 3. The number of amides is 1. The molecule has 0 aromatic heterocycles. The average molecular weight is 504 g/mol. The zero-order valence-corrected chi connectivity index (χ0v) is 18.9. The molecule has 2 saturated heterocycles. The minimum absolute atomic E-state index is 0. The first-order chi connectivity index (χ1) is 13.0. The zero-order chi connectivity index (χ0) is 19.3. The molecule has 2 N–H and O–H groups in total. The van der Waals surface area contributed by atoms with Gasteiger partial charge in [0.25, 0.3) is 0 Å². The summed E-state index contributed by atoms with van der Waals surface area (Å²) in [6.07, 6.45) is 2.55. The number of nitrogens with zero attached hydrogens (tertiary/aromatic N) is 2. The molecule has 2 fully saturated rings. The van der Waals surface area contributed by atoms with E-state index >= 15 is 0 Å². The van der Waals surface area contributed by atoms with Crippen LogP contribution in [0.4, 0.5) is 4.39 Å². The highest BCUT2D eigenvalue weighted by Crippen LogP contribution is 2.36. The van der Waals surface area contributed by atoms with Gasteiger partial charge in [-0.25, -0.2) is 9.38 Å². The standard InChI is InChI=1S/C20H29FN4O2.HI/c1-3-22-19(23-12-15(2)27-17-7-4-6-16(21)10-17)25-9-5-8-20(14-25)11-18(26)24-13-20;/h4,6-7,10,15H,3,5,8-9,11-14H2,1-2H3,(H,22,23)(H,24,26);1H. The molecule has 0 saturated carbocycles. The van der Waals surface area contributed by atoms with Crippen molar-refractivity contribution in [3.63, 3.8) is 0 Å². The van der Waals surface area contributed by atoms with E-state index in [-0.39, 0.29) is 47.2 Å². The van der Waals surface area contributed by atoms with Crippen LogP contribution in [0.25, 0.3) is 0 Å². The Balaban J connectivity index is 0.00000280. The number of likely N-dealkylation sites (tertiary alicyclic amines) is 1. The number of hydrogen-bond donors (Lipinski definition) is 2. The van der Waals surface area contributed by atoms with Crippen molar-refractivity contribution < 1.29 is 13.9 Å². The summed E-state index contributed by atoms with van der Waals surface area (Å²) in [5, 5.41) is 6.33. The van der Waals surface area contributed by atoms with E-state index in [1.807, 2.05) is 13.8 Å². The molecular formula is C20H30FIN4O2. The van der Waals surface area contributed by atoms with Gasteiger partial charge in [-0.3, -0.25) is 4.79 Å². The molecule has 2 unspecified atom stereocenters. The van der Waals surface area contributed by atoms with E-state index in [1.165, 1.54) is 12.1 Å². The second-order valence-corrected chi connectivity index (χ2v) is 7.56. The lowest BCUT2D eigenvalue weighted by molar-refractivity contribution is -0.119. The van der Waals surface area contributed by atoms with Crippen molar-refractivity contribution in [3.8, 4) is 5.75 Å². The van der Waals surface area contributed by atoms with Crippen LogP contribution in [0, 0.1) is 11.2 Å². The number of halogens is 2. The van der Waals surface area contributed by atoms with Crippen LogP contribution in [0.3, 0.4) is 0 Å². The van der Waals surface area contributed by atoms with Crippen molar-refractivity contribution >= 4 is 35.8 Å². The third kappa shape index (κ3) is 5.96. The molecule has 1 spiro atoms. The first-order valence-corrected chi connectivity index (χ1v) is 9.72. The Kier molecular flexibility index (Phi) is 8.33. The molecule has 156 valence electrons. The van der Waals surface area contributed by atoms with Crippen LogP contribution in [0.15, 0.2) is 29.3 Å². The van der Waals surface area contributed by atoms with Crippen LogP contribution in [0.1, 0.15) is 33.1 Å². The van der Waals surface area contributed by atoms with Crippen molar-refractivity contribution in [2.24, 2.45) is 10.4 Å². The summed E-state index contributed by atoms with van der Waals surface area (Å²) in [5.41, 5.74) is 0.0230. The van der Waals surface area contributed by atoms with Crippen LogP contribution < -0.4 is 15.4 Å². The van der Waals surface area contributed by atoms with Gasteiger partial charge in [0.2, 0.25) is 5.91 Å². The normalized spacial score (nSPS) is 23.2. The lowest BCUT2D eigenvalue weighted by Gasteiger charge is -2.40. The Morgan fingerprint density at radius 2 is 2.32 bits per heavy atom. The zero-order valence-electron chi connectivity index (χ0n) is 16.5. The quantitative estimate of drug-likeness (QED) is 0.368. The van der Waals surface area contributed by atoms with Gasteiger partial charge in [-0.2, -0.15) is 0 Å². The highest BCUT2D eigenvalue weighted by atomic mass is 127. The van der Waals surface area contributed by atoms with E-state index in [0.29, 0.717) is 18.7 Å². The number of aliphatic imine (C=N–C) groups is 1. The first-order valence-electron chi connectivity index (χ1n) is 9.72. The highest BCUT2D eigenvalue weighted by molar-refractivity contribution is 14.0. The molecule has 1 aromatic rings. The fraction of sp³-hybridized carbons (Fsp3) is 0.600. The van der Waals surface area contributed by atoms with Crippen LogP contribution in [0.5, 0.6) is 5.75 Å². The van der Waals surface area contributed by atoms with E-state index in [1.54, 1.807) is 12.1 Å². The minimum atomic E-state index is -0.310. The highest BCUT2D eigenvalue weighted by Gasteiger charge is 2.42. The van der Waals surface area contributed by atoms with E-state index in [9.17, 15) is 9.18 Å². The molecule has 0 aliphatic carbocycles. The summed E-state index contributed by atoms with van der Waals surface area (Å²) < 4.78 is 19.1. The van der Waals surface area contributed by atoms with Crippen LogP contribution in [-0.2, 0) is 4.79 Å². The number of guanidine groups is 1. The molecule has 6 nitrogen and oxygen atoms in total. The molecule has 2 atom stereocenters. The number of rotatable bonds is 5. The molecular weight excluding hydrogens is 474 g/mol.